The Balaban J connectivity index is 1.95. The normalized spacial score (nSPS) is 11.6. The van der Waals surface area contributed by atoms with Crippen LogP contribution in [0.5, 0.6) is 0 Å². The highest BCUT2D eigenvalue weighted by Crippen LogP contribution is 2.33. The minimum Gasteiger partial charge on any atom is -0.339 e. The summed E-state index contributed by atoms with van der Waals surface area (Å²) in [6, 6.07) is 8.07. The highest BCUT2D eigenvalue weighted by molar-refractivity contribution is 7.93. The van der Waals surface area contributed by atoms with Gasteiger partial charge in [0, 0.05) is 16.8 Å². The molecule has 0 spiro atoms. The lowest BCUT2D eigenvalue weighted by Gasteiger charge is -2.07. The predicted molar refractivity (Wildman–Crippen MR) is 89.3 cm³/mol. The molecule has 2 aromatic heterocycles. The van der Waals surface area contributed by atoms with E-state index in [4.69, 9.17) is 16.1 Å². The summed E-state index contributed by atoms with van der Waals surface area (Å²) in [6.45, 7) is 3.41. The van der Waals surface area contributed by atoms with Crippen molar-refractivity contribution in [1.82, 2.24) is 10.1 Å². The summed E-state index contributed by atoms with van der Waals surface area (Å²) in [5, 5.41) is 4.26. The summed E-state index contributed by atoms with van der Waals surface area (Å²) < 4.78 is 32.6. The minimum atomic E-state index is -3.73. The molecule has 120 valence electrons. The highest BCUT2D eigenvalue weighted by atomic mass is 35.5. The number of sulfonamides is 1. The molecular formula is C14H12ClN3O3S2. The zero-order valence-electron chi connectivity index (χ0n) is 12.2. The second kappa shape index (κ2) is 5.95. The molecule has 0 saturated heterocycles. The van der Waals surface area contributed by atoms with Crippen molar-refractivity contribution in [3.63, 3.8) is 0 Å². The smallest absolute Gasteiger partial charge is 0.263 e. The predicted octanol–water partition coefficient (Wildman–Crippen LogP) is 3.87. The fraction of sp³-hybridized carbons (Fsp3) is 0.143. The fourth-order valence-corrected chi connectivity index (χ4v) is 4.76. The number of rotatable bonds is 4. The van der Waals surface area contributed by atoms with E-state index in [0.29, 0.717) is 32.2 Å². The molecule has 9 heteroatoms. The number of nitrogens with one attached hydrogen (secondary N) is 1. The molecule has 3 rings (SSSR count). The van der Waals surface area contributed by atoms with Crippen LogP contribution in [0.1, 0.15) is 10.8 Å². The number of nitrogens with zero attached hydrogens (tertiary/aromatic N) is 2. The molecule has 23 heavy (non-hydrogen) atoms. The summed E-state index contributed by atoms with van der Waals surface area (Å²) in [6.07, 6.45) is 0. The van der Waals surface area contributed by atoms with Crippen LogP contribution in [0.3, 0.4) is 0 Å². The molecule has 0 bridgehead atoms. The van der Waals surface area contributed by atoms with Crippen molar-refractivity contribution in [3.05, 3.63) is 46.1 Å². The number of aryl methyl sites for hydroxylation is 2. The van der Waals surface area contributed by atoms with E-state index >= 15 is 0 Å². The van der Waals surface area contributed by atoms with Gasteiger partial charge in [0.2, 0.25) is 11.7 Å². The van der Waals surface area contributed by atoms with Crippen LogP contribution in [-0.2, 0) is 10.0 Å². The van der Waals surface area contributed by atoms with Crippen LogP contribution in [0.25, 0.3) is 10.7 Å². The fourth-order valence-electron chi connectivity index (χ4n) is 2.00. The van der Waals surface area contributed by atoms with Crippen molar-refractivity contribution >= 4 is 38.6 Å². The molecule has 1 N–H and O–H groups in total. The van der Waals surface area contributed by atoms with Crippen molar-refractivity contribution in [3.8, 4) is 10.7 Å². The van der Waals surface area contributed by atoms with Crippen LogP contribution < -0.4 is 4.72 Å². The van der Waals surface area contributed by atoms with E-state index in [2.05, 4.69) is 14.9 Å². The second-order valence-electron chi connectivity index (χ2n) is 4.78. The maximum atomic E-state index is 12.6. The summed E-state index contributed by atoms with van der Waals surface area (Å²) in [4.78, 5) is 5.56. The van der Waals surface area contributed by atoms with Crippen molar-refractivity contribution in [1.29, 1.82) is 0 Å². The highest BCUT2D eigenvalue weighted by Gasteiger charge is 2.22. The van der Waals surface area contributed by atoms with E-state index in [1.165, 1.54) is 17.4 Å². The third-order valence-corrected chi connectivity index (χ3v) is 5.90. The Morgan fingerprint density at radius 3 is 2.70 bits per heavy atom. The van der Waals surface area contributed by atoms with Crippen molar-refractivity contribution in [2.45, 2.75) is 18.7 Å². The minimum absolute atomic E-state index is 0.180. The van der Waals surface area contributed by atoms with Crippen LogP contribution >= 0.6 is 22.9 Å². The van der Waals surface area contributed by atoms with E-state index in [9.17, 15) is 8.42 Å². The van der Waals surface area contributed by atoms with Gasteiger partial charge in [-0.2, -0.15) is 4.98 Å². The van der Waals surface area contributed by atoms with Crippen LogP contribution in [0.2, 0.25) is 5.02 Å². The molecule has 0 saturated carbocycles. The molecule has 3 aromatic rings. The number of halogens is 1. The van der Waals surface area contributed by atoms with Gasteiger partial charge >= 0.3 is 0 Å². The summed E-state index contributed by atoms with van der Waals surface area (Å²) >= 11 is 7.17. The average Bonchev–Trinajstić information content (AvgIpc) is 3.04. The molecule has 0 fully saturated rings. The van der Waals surface area contributed by atoms with Crippen LogP contribution in [-0.4, -0.2) is 18.6 Å². The number of thiophene rings is 1. The third kappa shape index (κ3) is 3.39. The zero-order valence-corrected chi connectivity index (χ0v) is 14.6. The van der Waals surface area contributed by atoms with Gasteiger partial charge in [-0.3, -0.25) is 4.72 Å². The molecule has 0 atom stereocenters. The van der Waals surface area contributed by atoms with Crippen LogP contribution in [0.4, 0.5) is 5.69 Å². The van der Waals surface area contributed by atoms with E-state index in [1.54, 1.807) is 38.1 Å². The van der Waals surface area contributed by atoms with E-state index in [1.807, 2.05) is 0 Å². The summed E-state index contributed by atoms with van der Waals surface area (Å²) in [5.74, 6) is 0.798. The van der Waals surface area contributed by atoms with Crippen LogP contribution in [0.15, 0.2) is 39.8 Å². The van der Waals surface area contributed by atoms with E-state index in [0.717, 1.165) is 0 Å². The summed E-state index contributed by atoms with van der Waals surface area (Å²) in [7, 11) is -3.73. The van der Waals surface area contributed by atoms with Gasteiger partial charge in [-0.25, -0.2) is 8.42 Å². The Morgan fingerprint density at radius 2 is 2.04 bits per heavy atom. The lowest BCUT2D eigenvalue weighted by molar-refractivity contribution is 0.394. The van der Waals surface area contributed by atoms with Crippen LogP contribution in [0, 0.1) is 13.8 Å². The summed E-state index contributed by atoms with van der Waals surface area (Å²) in [5.41, 5.74) is 0.403. The van der Waals surface area contributed by atoms with Gasteiger partial charge in [0.05, 0.1) is 10.6 Å². The third-order valence-electron chi connectivity index (χ3n) is 2.99. The number of benzene rings is 1. The molecule has 2 heterocycles. The first-order valence-corrected chi connectivity index (χ1v) is 9.22. The average molecular weight is 370 g/mol. The van der Waals surface area contributed by atoms with Crippen molar-refractivity contribution in [2.75, 3.05) is 4.72 Å². The first-order valence-electron chi connectivity index (χ1n) is 6.55. The Labute approximate surface area is 142 Å². The first-order chi connectivity index (χ1) is 10.8. The quantitative estimate of drug-likeness (QED) is 0.754. The van der Waals surface area contributed by atoms with Crippen molar-refractivity contribution < 1.29 is 12.9 Å². The van der Waals surface area contributed by atoms with Gasteiger partial charge in [-0.1, -0.05) is 22.8 Å². The molecule has 6 nitrogen and oxygen atoms in total. The molecule has 1 aromatic carbocycles. The number of anilines is 1. The van der Waals surface area contributed by atoms with Gasteiger partial charge < -0.3 is 4.52 Å². The molecule has 0 radical (unpaired) electrons. The Bertz CT molecular complexity index is 963. The molecule has 0 unspecified atom stereocenters. The van der Waals surface area contributed by atoms with Gasteiger partial charge in [0.15, 0.2) is 0 Å². The van der Waals surface area contributed by atoms with E-state index in [-0.39, 0.29) is 4.90 Å². The van der Waals surface area contributed by atoms with Gasteiger partial charge in [-0.05, 0) is 31.2 Å². The maximum Gasteiger partial charge on any atom is 0.263 e. The SMILES string of the molecule is Cc1nc(-c2cc(S(=O)(=O)Nc3cccc(Cl)c3)c(C)s2)no1. The second-order valence-corrected chi connectivity index (χ2v) is 8.13. The monoisotopic (exact) mass is 369 g/mol. The molecule has 0 aliphatic rings. The number of hydrogen-bond acceptors (Lipinski definition) is 6. The Morgan fingerprint density at radius 1 is 1.26 bits per heavy atom. The zero-order chi connectivity index (χ0) is 16.6. The number of hydrogen-bond donors (Lipinski definition) is 1. The maximum absolute atomic E-state index is 12.6. The standard InChI is InChI=1S/C14H12ClN3O3S2/c1-8-13(7-12(22-8)14-16-9(2)21-17-14)23(19,20)18-11-5-3-4-10(15)6-11/h3-7,18H,1-2H3. The Kier molecular flexibility index (Phi) is 4.13. The lowest BCUT2D eigenvalue weighted by atomic mass is 10.3. The molecular weight excluding hydrogens is 358 g/mol. The molecule has 0 aliphatic carbocycles. The largest absolute Gasteiger partial charge is 0.339 e. The topological polar surface area (TPSA) is 85.1 Å². The number of aromatic nitrogens is 2. The Hall–Kier alpha value is -1.90. The van der Waals surface area contributed by atoms with Gasteiger partial charge in [0.1, 0.15) is 4.90 Å². The first kappa shape index (κ1) is 16.0. The van der Waals surface area contributed by atoms with Gasteiger partial charge in [0.25, 0.3) is 10.0 Å². The van der Waals surface area contributed by atoms with Gasteiger partial charge in [-0.15, -0.1) is 11.3 Å². The molecule has 0 amide bonds. The van der Waals surface area contributed by atoms with Crippen molar-refractivity contribution in [2.24, 2.45) is 0 Å². The molecule has 0 aliphatic heterocycles. The van der Waals surface area contributed by atoms with E-state index < -0.39 is 10.0 Å². The lowest BCUT2D eigenvalue weighted by Crippen LogP contribution is -2.13.